The van der Waals surface area contributed by atoms with Crippen LogP contribution in [0.2, 0.25) is 0 Å². The predicted octanol–water partition coefficient (Wildman–Crippen LogP) is 3.05. The normalized spacial score (nSPS) is 10.4. The third kappa shape index (κ3) is 3.22. The molecule has 6 nitrogen and oxygen atoms in total. The molecule has 2 aromatic heterocycles. The summed E-state index contributed by atoms with van der Waals surface area (Å²) in [6.45, 7) is 3.36. The Bertz CT molecular complexity index is 893. The first-order chi connectivity index (χ1) is 11.5. The highest BCUT2D eigenvalue weighted by molar-refractivity contribution is 5.90. The summed E-state index contributed by atoms with van der Waals surface area (Å²) in [4.78, 5) is 24.2. The first-order valence-corrected chi connectivity index (χ1v) is 7.47. The molecule has 3 aromatic rings. The Morgan fingerprint density at radius 2 is 1.92 bits per heavy atom. The fourth-order valence-corrected chi connectivity index (χ4v) is 2.61. The van der Waals surface area contributed by atoms with Crippen LogP contribution < -0.4 is 11.1 Å². The van der Waals surface area contributed by atoms with E-state index in [4.69, 9.17) is 5.73 Å². The number of benzene rings is 1. The molecule has 3 N–H and O–H groups in total. The summed E-state index contributed by atoms with van der Waals surface area (Å²) in [5.41, 5.74) is 10.7. The van der Waals surface area contributed by atoms with Crippen molar-refractivity contribution in [3.63, 3.8) is 0 Å². The highest BCUT2D eigenvalue weighted by atomic mass is 16.1. The molecular weight excluding hydrogens is 302 g/mol. The zero-order chi connectivity index (χ0) is 17.1. The standard InChI is InChI=1S/C18H17N5O/c1-11-16(14-6-4-8-20-10-14)17(23-18(19)21-11)13-5-3-7-15(9-13)22-12(2)24/h3-10H,1-2H3,(H,22,24)(H2,19,21,23). The second kappa shape index (κ2) is 6.45. The van der Waals surface area contributed by atoms with Crippen molar-refractivity contribution in [3.05, 3.63) is 54.5 Å². The van der Waals surface area contributed by atoms with Crippen molar-refractivity contribution in [2.75, 3.05) is 11.1 Å². The first-order valence-electron chi connectivity index (χ1n) is 7.47. The second-order valence-corrected chi connectivity index (χ2v) is 5.39. The zero-order valence-corrected chi connectivity index (χ0v) is 13.4. The molecule has 120 valence electrons. The monoisotopic (exact) mass is 319 g/mol. The Kier molecular flexibility index (Phi) is 4.20. The van der Waals surface area contributed by atoms with Crippen LogP contribution >= 0.6 is 0 Å². The molecule has 24 heavy (non-hydrogen) atoms. The van der Waals surface area contributed by atoms with E-state index in [0.29, 0.717) is 11.4 Å². The molecule has 0 atom stereocenters. The Morgan fingerprint density at radius 3 is 2.62 bits per heavy atom. The topological polar surface area (TPSA) is 93.8 Å². The molecule has 2 heterocycles. The lowest BCUT2D eigenvalue weighted by molar-refractivity contribution is -0.114. The zero-order valence-electron chi connectivity index (χ0n) is 13.4. The van der Waals surface area contributed by atoms with Gasteiger partial charge in [-0.05, 0) is 25.1 Å². The van der Waals surface area contributed by atoms with Crippen molar-refractivity contribution >= 4 is 17.5 Å². The number of nitrogens with zero attached hydrogens (tertiary/aromatic N) is 3. The van der Waals surface area contributed by atoms with E-state index in [0.717, 1.165) is 22.4 Å². The van der Waals surface area contributed by atoms with E-state index in [1.54, 1.807) is 12.4 Å². The molecule has 0 saturated carbocycles. The van der Waals surface area contributed by atoms with Gasteiger partial charge in [-0.1, -0.05) is 18.2 Å². The van der Waals surface area contributed by atoms with Gasteiger partial charge in [0, 0.05) is 41.7 Å². The van der Waals surface area contributed by atoms with Crippen LogP contribution in [0.3, 0.4) is 0 Å². The van der Waals surface area contributed by atoms with Crippen LogP contribution in [-0.4, -0.2) is 20.9 Å². The molecule has 0 fully saturated rings. The van der Waals surface area contributed by atoms with Gasteiger partial charge in [-0.3, -0.25) is 9.78 Å². The largest absolute Gasteiger partial charge is 0.368 e. The maximum absolute atomic E-state index is 11.3. The Hall–Kier alpha value is -3.28. The van der Waals surface area contributed by atoms with Gasteiger partial charge in [0.15, 0.2) is 0 Å². The lowest BCUT2D eigenvalue weighted by atomic mass is 9.99. The van der Waals surface area contributed by atoms with E-state index in [9.17, 15) is 4.79 Å². The minimum absolute atomic E-state index is 0.127. The number of hydrogen-bond acceptors (Lipinski definition) is 5. The fraction of sp³-hybridized carbons (Fsp3) is 0.111. The minimum atomic E-state index is -0.127. The van der Waals surface area contributed by atoms with E-state index >= 15 is 0 Å². The third-order valence-electron chi connectivity index (χ3n) is 3.51. The third-order valence-corrected chi connectivity index (χ3v) is 3.51. The van der Waals surface area contributed by atoms with Crippen LogP contribution in [0.5, 0.6) is 0 Å². The average Bonchev–Trinajstić information content (AvgIpc) is 2.54. The number of nitrogens with one attached hydrogen (secondary N) is 1. The maximum atomic E-state index is 11.3. The number of nitrogen functional groups attached to an aromatic ring is 1. The van der Waals surface area contributed by atoms with Crippen LogP contribution in [0.4, 0.5) is 11.6 Å². The van der Waals surface area contributed by atoms with Crippen LogP contribution in [0.15, 0.2) is 48.8 Å². The van der Waals surface area contributed by atoms with Crippen molar-refractivity contribution < 1.29 is 4.79 Å². The predicted molar refractivity (Wildman–Crippen MR) is 94.2 cm³/mol. The summed E-state index contributed by atoms with van der Waals surface area (Å²) >= 11 is 0. The molecule has 0 aliphatic rings. The van der Waals surface area contributed by atoms with Crippen LogP contribution in [0.25, 0.3) is 22.4 Å². The number of pyridine rings is 1. The number of nitrogens with two attached hydrogens (primary N) is 1. The highest BCUT2D eigenvalue weighted by Gasteiger charge is 2.15. The van der Waals surface area contributed by atoms with Gasteiger partial charge in [0.1, 0.15) is 0 Å². The minimum Gasteiger partial charge on any atom is -0.368 e. The van der Waals surface area contributed by atoms with E-state index in [2.05, 4.69) is 20.3 Å². The second-order valence-electron chi connectivity index (χ2n) is 5.39. The van der Waals surface area contributed by atoms with Gasteiger partial charge >= 0.3 is 0 Å². The van der Waals surface area contributed by atoms with Gasteiger partial charge in [-0.2, -0.15) is 0 Å². The molecule has 6 heteroatoms. The fourth-order valence-electron chi connectivity index (χ4n) is 2.61. The summed E-state index contributed by atoms with van der Waals surface area (Å²) in [5, 5.41) is 2.78. The number of aromatic nitrogens is 3. The molecule has 0 aliphatic carbocycles. The van der Waals surface area contributed by atoms with Crippen LogP contribution in [0.1, 0.15) is 12.6 Å². The smallest absolute Gasteiger partial charge is 0.221 e. The van der Waals surface area contributed by atoms with Gasteiger partial charge in [-0.15, -0.1) is 0 Å². The molecule has 1 aromatic carbocycles. The van der Waals surface area contributed by atoms with Crippen molar-refractivity contribution in [2.24, 2.45) is 0 Å². The van der Waals surface area contributed by atoms with E-state index in [-0.39, 0.29) is 11.9 Å². The van der Waals surface area contributed by atoms with Crippen molar-refractivity contribution in [2.45, 2.75) is 13.8 Å². The molecule has 0 unspecified atom stereocenters. The number of hydrogen-bond donors (Lipinski definition) is 2. The molecule has 0 aliphatic heterocycles. The summed E-state index contributed by atoms with van der Waals surface area (Å²) < 4.78 is 0. The molecule has 0 spiro atoms. The van der Waals surface area contributed by atoms with Gasteiger partial charge in [0.05, 0.1) is 11.4 Å². The molecule has 0 bridgehead atoms. The number of carbonyl (C=O) groups excluding carboxylic acids is 1. The summed E-state index contributed by atoms with van der Waals surface area (Å²) in [6.07, 6.45) is 3.48. The average molecular weight is 319 g/mol. The number of rotatable bonds is 3. The maximum Gasteiger partial charge on any atom is 0.221 e. The Morgan fingerprint density at radius 1 is 1.12 bits per heavy atom. The lowest BCUT2D eigenvalue weighted by Crippen LogP contribution is -2.06. The number of anilines is 2. The van der Waals surface area contributed by atoms with Gasteiger partial charge < -0.3 is 11.1 Å². The SMILES string of the molecule is CC(=O)Nc1cccc(-c2nc(N)nc(C)c2-c2cccnc2)c1. The van der Waals surface area contributed by atoms with Gasteiger partial charge in [-0.25, -0.2) is 9.97 Å². The molecule has 1 amide bonds. The quantitative estimate of drug-likeness (QED) is 0.774. The van der Waals surface area contributed by atoms with Gasteiger partial charge in [0.25, 0.3) is 0 Å². The van der Waals surface area contributed by atoms with E-state index < -0.39 is 0 Å². The summed E-state index contributed by atoms with van der Waals surface area (Å²) in [7, 11) is 0. The Labute approximate surface area is 139 Å². The molecule has 3 rings (SSSR count). The van der Waals surface area contributed by atoms with Crippen molar-refractivity contribution in [1.29, 1.82) is 0 Å². The Balaban J connectivity index is 2.19. The first kappa shape index (κ1) is 15.6. The lowest BCUT2D eigenvalue weighted by Gasteiger charge is -2.13. The summed E-state index contributed by atoms with van der Waals surface area (Å²) in [6, 6.07) is 11.3. The van der Waals surface area contributed by atoms with Gasteiger partial charge in [0.2, 0.25) is 11.9 Å². The highest BCUT2D eigenvalue weighted by Crippen LogP contribution is 2.33. The molecule has 0 saturated heterocycles. The number of aryl methyl sites for hydroxylation is 1. The number of carbonyl (C=O) groups is 1. The van der Waals surface area contributed by atoms with Crippen LogP contribution in [0, 0.1) is 6.92 Å². The summed E-state index contributed by atoms with van der Waals surface area (Å²) in [5.74, 6) is 0.0816. The van der Waals surface area contributed by atoms with Crippen molar-refractivity contribution in [1.82, 2.24) is 15.0 Å². The molecular formula is C18H17N5O. The van der Waals surface area contributed by atoms with Crippen molar-refractivity contribution in [3.8, 4) is 22.4 Å². The van der Waals surface area contributed by atoms with E-state index in [1.165, 1.54) is 6.92 Å². The van der Waals surface area contributed by atoms with E-state index in [1.807, 2.05) is 43.3 Å². The van der Waals surface area contributed by atoms with Crippen LogP contribution in [-0.2, 0) is 4.79 Å². The molecule has 0 radical (unpaired) electrons. The number of amides is 1.